The van der Waals surface area contributed by atoms with Gasteiger partial charge in [-0.05, 0) is 61.6 Å². The Hall–Kier alpha value is -2.54. The molecule has 0 aliphatic carbocycles. The van der Waals surface area contributed by atoms with Gasteiger partial charge in [0.05, 0.1) is 16.1 Å². The van der Waals surface area contributed by atoms with E-state index in [-0.39, 0.29) is 16.1 Å². The lowest BCUT2D eigenvalue weighted by molar-refractivity contribution is 0.0697. The number of hydrogen-bond acceptors (Lipinski definition) is 4. The van der Waals surface area contributed by atoms with E-state index in [1.54, 1.807) is 24.3 Å². The largest absolute Gasteiger partial charge is 0.478 e. The molecule has 0 bridgehead atoms. The normalized spacial score (nSPS) is 15.6. The van der Waals surface area contributed by atoms with Gasteiger partial charge in [0.25, 0.3) is 10.0 Å². The van der Waals surface area contributed by atoms with Crippen LogP contribution in [-0.2, 0) is 10.0 Å². The molecule has 0 spiro atoms. The molecule has 0 radical (unpaired) electrons. The van der Waals surface area contributed by atoms with Crippen LogP contribution in [0.15, 0.2) is 47.4 Å². The molecule has 6 nitrogen and oxygen atoms in total. The lowest BCUT2D eigenvalue weighted by Crippen LogP contribution is -2.33. The highest BCUT2D eigenvalue weighted by molar-refractivity contribution is 7.92. The van der Waals surface area contributed by atoms with Gasteiger partial charge in [-0.25, -0.2) is 13.2 Å². The molecule has 3 rings (SSSR count). The van der Waals surface area contributed by atoms with Crippen LogP contribution in [0.5, 0.6) is 0 Å². The summed E-state index contributed by atoms with van der Waals surface area (Å²) in [4.78, 5) is 14.0. The summed E-state index contributed by atoms with van der Waals surface area (Å²) in [6.45, 7) is 5.61. The Labute approximate surface area is 159 Å². The third-order valence-electron chi connectivity index (χ3n) is 4.90. The number of aryl methyl sites for hydroxylation is 1. The molecule has 2 aromatic rings. The molecule has 1 fully saturated rings. The highest BCUT2D eigenvalue weighted by Crippen LogP contribution is 2.29. The molecular formula is C20H24N2O4S. The molecular weight excluding hydrogens is 364 g/mol. The minimum atomic E-state index is -3.78. The zero-order valence-corrected chi connectivity index (χ0v) is 16.3. The standard InChI is InChI=1S/C20H24N2O4S/c1-14-8-10-22(11-9-14)19-7-6-16(13-18(19)20(23)24)21-27(25,26)17-5-3-4-15(2)12-17/h3-7,12-14,21H,8-11H2,1-2H3,(H,23,24). The maximum absolute atomic E-state index is 12.6. The van der Waals surface area contributed by atoms with Gasteiger partial charge >= 0.3 is 5.97 Å². The molecule has 144 valence electrons. The molecule has 1 saturated heterocycles. The molecule has 0 amide bonds. The molecule has 2 N–H and O–H groups in total. The number of sulfonamides is 1. The third kappa shape index (κ3) is 4.42. The molecule has 0 saturated carbocycles. The molecule has 0 atom stereocenters. The van der Waals surface area contributed by atoms with Crippen molar-refractivity contribution >= 4 is 27.4 Å². The van der Waals surface area contributed by atoms with Crippen LogP contribution in [0.4, 0.5) is 11.4 Å². The summed E-state index contributed by atoms with van der Waals surface area (Å²) in [5.41, 5.74) is 1.81. The van der Waals surface area contributed by atoms with Gasteiger partial charge in [0.1, 0.15) is 0 Å². The average molecular weight is 388 g/mol. The number of piperidine rings is 1. The van der Waals surface area contributed by atoms with Crippen LogP contribution < -0.4 is 9.62 Å². The van der Waals surface area contributed by atoms with E-state index in [9.17, 15) is 18.3 Å². The van der Waals surface area contributed by atoms with Gasteiger partial charge in [0.15, 0.2) is 0 Å². The predicted octanol–water partition coefficient (Wildman–Crippen LogP) is 3.73. The van der Waals surface area contributed by atoms with E-state index < -0.39 is 16.0 Å². The Bertz CT molecular complexity index is 948. The maximum Gasteiger partial charge on any atom is 0.337 e. The van der Waals surface area contributed by atoms with Gasteiger partial charge in [-0.1, -0.05) is 19.1 Å². The van der Waals surface area contributed by atoms with Crippen molar-refractivity contribution in [3.8, 4) is 0 Å². The molecule has 2 aromatic carbocycles. The summed E-state index contributed by atoms with van der Waals surface area (Å²) in [5, 5.41) is 9.62. The second kappa shape index (κ2) is 7.60. The first-order valence-electron chi connectivity index (χ1n) is 8.98. The molecule has 27 heavy (non-hydrogen) atoms. The van der Waals surface area contributed by atoms with E-state index in [0.29, 0.717) is 11.6 Å². The molecule has 0 unspecified atom stereocenters. The van der Waals surface area contributed by atoms with Crippen LogP contribution in [-0.4, -0.2) is 32.6 Å². The van der Waals surface area contributed by atoms with Gasteiger partial charge < -0.3 is 10.0 Å². The number of aromatic carboxylic acids is 1. The van der Waals surface area contributed by atoms with E-state index in [2.05, 4.69) is 16.5 Å². The van der Waals surface area contributed by atoms with Crippen molar-refractivity contribution in [3.05, 3.63) is 53.6 Å². The maximum atomic E-state index is 12.6. The third-order valence-corrected chi connectivity index (χ3v) is 6.28. The Balaban J connectivity index is 1.89. The van der Waals surface area contributed by atoms with Crippen molar-refractivity contribution in [3.63, 3.8) is 0 Å². The average Bonchev–Trinajstić information content (AvgIpc) is 2.62. The number of rotatable bonds is 5. The van der Waals surface area contributed by atoms with E-state index in [1.165, 1.54) is 12.1 Å². The quantitative estimate of drug-likeness (QED) is 0.815. The van der Waals surface area contributed by atoms with Crippen LogP contribution in [0, 0.1) is 12.8 Å². The van der Waals surface area contributed by atoms with Crippen LogP contribution in [0.25, 0.3) is 0 Å². The van der Waals surface area contributed by atoms with E-state index >= 15 is 0 Å². The second-order valence-electron chi connectivity index (χ2n) is 7.13. The minimum Gasteiger partial charge on any atom is -0.478 e. The summed E-state index contributed by atoms with van der Waals surface area (Å²) < 4.78 is 27.7. The van der Waals surface area contributed by atoms with Crippen molar-refractivity contribution in [1.82, 2.24) is 0 Å². The Morgan fingerprint density at radius 3 is 2.48 bits per heavy atom. The number of carbonyl (C=O) groups is 1. The van der Waals surface area contributed by atoms with Crippen molar-refractivity contribution in [2.45, 2.75) is 31.6 Å². The highest BCUT2D eigenvalue weighted by Gasteiger charge is 2.22. The van der Waals surface area contributed by atoms with Crippen LogP contribution in [0.1, 0.15) is 35.7 Å². The summed E-state index contributed by atoms with van der Waals surface area (Å²) in [6, 6.07) is 11.3. The second-order valence-corrected chi connectivity index (χ2v) is 8.81. The molecule has 7 heteroatoms. The van der Waals surface area contributed by atoms with E-state index in [4.69, 9.17) is 0 Å². The van der Waals surface area contributed by atoms with Crippen LogP contribution in [0.3, 0.4) is 0 Å². The molecule has 1 aliphatic heterocycles. The first kappa shape index (κ1) is 19.2. The Kier molecular flexibility index (Phi) is 5.41. The van der Waals surface area contributed by atoms with Crippen LogP contribution >= 0.6 is 0 Å². The highest BCUT2D eigenvalue weighted by atomic mass is 32.2. The smallest absolute Gasteiger partial charge is 0.337 e. The van der Waals surface area contributed by atoms with E-state index in [1.807, 2.05) is 13.0 Å². The fourth-order valence-corrected chi connectivity index (χ4v) is 4.45. The van der Waals surface area contributed by atoms with Crippen molar-refractivity contribution in [1.29, 1.82) is 0 Å². The van der Waals surface area contributed by atoms with Gasteiger partial charge in [-0.15, -0.1) is 0 Å². The summed E-state index contributed by atoms with van der Waals surface area (Å²) in [6.07, 6.45) is 2.03. The monoisotopic (exact) mass is 388 g/mol. The zero-order valence-electron chi connectivity index (χ0n) is 15.5. The molecule has 1 aliphatic rings. The number of hydrogen-bond donors (Lipinski definition) is 2. The number of carboxylic acids is 1. The minimum absolute atomic E-state index is 0.106. The summed E-state index contributed by atoms with van der Waals surface area (Å²) in [5.74, 6) is -0.435. The van der Waals surface area contributed by atoms with Gasteiger partial charge in [0.2, 0.25) is 0 Å². The van der Waals surface area contributed by atoms with Crippen LogP contribution in [0.2, 0.25) is 0 Å². The molecule has 1 heterocycles. The van der Waals surface area contributed by atoms with Gasteiger partial charge in [-0.3, -0.25) is 4.72 Å². The fourth-order valence-electron chi connectivity index (χ4n) is 3.29. The Morgan fingerprint density at radius 1 is 1.15 bits per heavy atom. The zero-order chi connectivity index (χ0) is 19.6. The van der Waals surface area contributed by atoms with E-state index in [0.717, 1.165) is 31.5 Å². The number of carboxylic acid groups (broad SMARTS) is 1. The lowest BCUT2D eigenvalue weighted by Gasteiger charge is -2.33. The topological polar surface area (TPSA) is 86.7 Å². The SMILES string of the molecule is Cc1cccc(S(=O)(=O)Nc2ccc(N3CCC(C)CC3)c(C(=O)O)c2)c1. The van der Waals surface area contributed by atoms with Gasteiger partial charge in [-0.2, -0.15) is 0 Å². The first-order chi connectivity index (χ1) is 12.8. The fraction of sp³-hybridized carbons (Fsp3) is 0.350. The number of nitrogens with one attached hydrogen (secondary N) is 1. The number of nitrogens with zero attached hydrogens (tertiary/aromatic N) is 1. The summed E-state index contributed by atoms with van der Waals surface area (Å²) >= 11 is 0. The predicted molar refractivity (Wildman–Crippen MR) is 106 cm³/mol. The first-order valence-corrected chi connectivity index (χ1v) is 10.5. The van der Waals surface area contributed by atoms with Crippen molar-refractivity contribution in [2.75, 3.05) is 22.7 Å². The molecule has 0 aromatic heterocycles. The lowest BCUT2D eigenvalue weighted by atomic mass is 9.98. The van der Waals surface area contributed by atoms with Crippen molar-refractivity contribution < 1.29 is 18.3 Å². The Morgan fingerprint density at radius 2 is 1.85 bits per heavy atom. The van der Waals surface area contributed by atoms with Gasteiger partial charge in [0, 0.05) is 18.8 Å². The number of anilines is 2. The summed E-state index contributed by atoms with van der Waals surface area (Å²) in [7, 11) is -3.78. The van der Waals surface area contributed by atoms with Crippen molar-refractivity contribution in [2.24, 2.45) is 5.92 Å². The number of benzene rings is 2.